The van der Waals surface area contributed by atoms with Gasteiger partial charge in [0, 0.05) is 29.6 Å². The van der Waals surface area contributed by atoms with Crippen LogP contribution in [0.15, 0.2) is 52.9 Å². The molecule has 0 bridgehead atoms. The van der Waals surface area contributed by atoms with Gasteiger partial charge in [-0.1, -0.05) is 0 Å². The van der Waals surface area contributed by atoms with Crippen LogP contribution in [0, 0.1) is 13.8 Å². The van der Waals surface area contributed by atoms with E-state index in [0.29, 0.717) is 0 Å². The van der Waals surface area contributed by atoms with Gasteiger partial charge in [-0.2, -0.15) is 0 Å². The van der Waals surface area contributed by atoms with Crippen molar-refractivity contribution < 1.29 is 9.47 Å². The Balaban J connectivity index is 1.44. The smallest absolute Gasteiger partial charge is 0.146 e. The first-order valence-electron chi connectivity index (χ1n) is 10.3. The molecule has 0 atom stereocenters. The molecule has 5 nitrogen and oxygen atoms in total. The molecule has 0 radical (unpaired) electrons. The van der Waals surface area contributed by atoms with E-state index in [1.807, 2.05) is 24.3 Å². The van der Waals surface area contributed by atoms with Gasteiger partial charge in [0.1, 0.15) is 23.8 Å². The van der Waals surface area contributed by atoms with Crippen molar-refractivity contribution in [2.24, 2.45) is 4.99 Å². The first-order valence-corrected chi connectivity index (χ1v) is 10.3. The van der Waals surface area contributed by atoms with Gasteiger partial charge in [-0.05, 0) is 81.7 Å². The third kappa shape index (κ3) is 4.62. The average molecular weight is 392 g/mol. The second-order valence-electron chi connectivity index (χ2n) is 7.71. The van der Waals surface area contributed by atoms with Gasteiger partial charge in [0.2, 0.25) is 0 Å². The Labute approximate surface area is 172 Å². The summed E-state index contributed by atoms with van der Waals surface area (Å²) in [5.74, 6) is 1.67. The number of nitrogens with zero attached hydrogens (tertiary/aromatic N) is 2. The van der Waals surface area contributed by atoms with E-state index in [0.717, 1.165) is 53.0 Å². The number of H-pyrrole nitrogens is 1. The van der Waals surface area contributed by atoms with Gasteiger partial charge in [0.15, 0.2) is 0 Å². The number of aliphatic imine (C=N–C) groups is 1. The highest BCUT2D eigenvalue weighted by Crippen LogP contribution is 2.26. The van der Waals surface area contributed by atoms with E-state index in [1.165, 1.54) is 31.5 Å². The summed E-state index contributed by atoms with van der Waals surface area (Å²) in [4.78, 5) is 10.6. The summed E-state index contributed by atoms with van der Waals surface area (Å²) in [6, 6.07) is 10.3. The minimum Gasteiger partial charge on any atom is -0.494 e. The van der Waals surface area contributed by atoms with Gasteiger partial charge in [0.25, 0.3) is 0 Å². The first-order chi connectivity index (χ1) is 14.1. The van der Waals surface area contributed by atoms with Crippen molar-refractivity contribution in [3.63, 3.8) is 0 Å². The minimum absolute atomic E-state index is 0.732. The fourth-order valence-electron chi connectivity index (χ4n) is 3.89. The van der Waals surface area contributed by atoms with Crippen LogP contribution in [-0.4, -0.2) is 48.9 Å². The molecule has 3 heterocycles. The molecule has 5 heteroatoms. The Morgan fingerprint density at radius 1 is 1.14 bits per heavy atom. The Bertz CT molecular complexity index is 945. The lowest BCUT2D eigenvalue weighted by molar-refractivity contribution is 0.238. The van der Waals surface area contributed by atoms with E-state index >= 15 is 0 Å². The Morgan fingerprint density at radius 3 is 2.55 bits per heavy atom. The summed E-state index contributed by atoms with van der Waals surface area (Å²) in [6.45, 7) is 8.28. The van der Waals surface area contributed by atoms with E-state index in [-0.39, 0.29) is 0 Å². The van der Waals surface area contributed by atoms with Crippen LogP contribution >= 0.6 is 0 Å². The molecule has 1 saturated heterocycles. The normalized spacial score (nSPS) is 18.2. The molecule has 0 aliphatic carbocycles. The van der Waals surface area contributed by atoms with Gasteiger partial charge in [-0.25, -0.2) is 4.99 Å². The number of hydrogen-bond donors (Lipinski definition) is 1. The maximum atomic E-state index is 5.91. The van der Waals surface area contributed by atoms with Crippen molar-refractivity contribution in [2.75, 3.05) is 33.4 Å². The number of hydrogen-bond acceptors (Lipinski definition) is 4. The summed E-state index contributed by atoms with van der Waals surface area (Å²) in [5.41, 5.74) is 6.18. The second kappa shape index (κ2) is 8.70. The maximum Gasteiger partial charge on any atom is 0.146 e. The largest absolute Gasteiger partial charge is 0.494 e. The number of likely N-dealkylation sites (tertiary alicyclic amines) is 1. The van der Waals surface area contributed by atoms with Crippen molar-refractivity contribution in [3.05, 3.63) is 70.4 Å². The van der Waals surface area contributed by atoms with E-state index in [4.69, 9.17) is 14.5 Å². The molecule has 1 aromatic carbocycles. The maximum absolute atomic E-state index is 5.91. The highest BCUT2D eigenvalue weighted by molar-refractivity contribution is 6.12. The highest BCUT2D eigenvalue weighted by atomic mass is 16.5. The molecular formula is C24H29N3O2. The van der Waals surface area contributed by atoms with Gasteiger partial charge in [-0.15, -0.1) is 0 Å². The van der Waals surface area contributed by atoms with E-state index < -0.39 is 0 Å². The zero-order valence-electron chi connectivity index (χ0n) is 17.5. The molecule has 0 saturated carbocycles. The molecule has 2 aliphatic heterocycles. The molecule has 1 aromatic heterocycles. The monoisotopic (exact) mass is 391 g/mol. The molecule has 1 N–H and O–H groups in total. The number of allylic oxidation sites excluding steroid dienone is 1. The molecule has 29 heavy (non-hydrogen) atoms. The molecule has 152 valence electrons. The fourth-order valence-corrected chi connectivity index (χ4v) is 3.89. The van der Waals surface area contributed by atoms with Crippen molar-refractivity contribution in [3.8, 4) is 5.75 Å². The second-order valence-corrected chi connectivity index (χ2v) is 7.71. The van der Waals surface area contributed by atoms with Crippen molar-refractivity contribution >= 4 is 11.8 Å². The van der Waals surface area contributed by atoms with Crippen LogP contribution in [-0.2, 0) is 4.74 Å². The predicted molar refractivity (Wildman–Crippen MR) is 117 cm³/mol. The van der Waals surface area contributed by atoms with Crippen LogP contribution in [0.25, 0.3) is 6.08 Å². The van der Waals surface area contributed by atoms with Gasteiger partial charge in [-0.3, -0.25) is 4.90 Å². The zero-order valence-corrected chi connectivity index (χ0v) is 17.5. The number of aryl methyl sites for hydroxylation is 2. The number of ether oxygens (including phenoxy) is 2. The Kier molecular flexibility index (Phi) is 5.86. The van der Waals surface area contributed by atoms with Crippen molar-refractivity contribution in [1.82, 2.24) is 9.88 Å². The topological polar surface area (TPSA) is 49.9 Å². The lowest BCUT2D eigenvalue weighted by Gasteiger charge is -2.14. The van der Waals surface area contributed by atoms with E-state index in [9.17, 15) is 0 Å². The third-order valence-electron chi connectivity index (χ3n) is 5.48. The number of methoxy groups -OCH3 is 1. The van der Waals surface area contributed by atoms with Crippen LogP contribution in [0.5, 0.6) is 5.75 Å². The lowest BCUT2D eigenvalue weighted by atomic mass is 10.1. The molecule has 0 amide bonds. The van der Waals surface area contributed by atoms with Crippen LogP contribution in [0.2, 0.25) is 0 Å². The average Bonchev–Trinajstić information content (AvgIpc) is 3.44. The van der Waals surface area contributed by atoms with Gasteiger partial charge < -0.3 is 14.5 Å². The molecule has 0 spiro atoms. The third-order valence-corrected chi connectivity index (χ3v) is 5.48. The molecule has 2 aliphatic rings. The van der Waals surface area contributed by atoms with Crippen molar-refractivity contribution in [2.45, 2.75) is 26.7 Å². The van der Waals surface area contributed by atoms with Crippen LogP contribution < -0.4 is 4.74 Å². The Morgan fingerprint density at radius 2 is 1.90 bits per heavy atom. The fraction of sp³-hybridized carbons (Fsp3) is 0.375. The van der Waals surface area contributed by atoms with Crippen LogP contribution in [0.3, 0.4) is 0 Å². The molecule has 1 fully saturated rings. The summed E-state index contributed by atoms with van der Waals surface area (Å²) >= 11 is 0. The lowest BCUT2D eigenvalue weighted by Crippen LogP contribution is -2.25. The van der Waals surface area contributed by atoms with Crippen LogP contribution in [0.4, 0.5) is 0 Å². The first kappa shape index (κ1) is 19.5. The van der Waals surface area contributed by atoms with Gasteiger partial charge >= 0.3 is 0 Å². The van der Waals surface area contributed by atoms with E-state index in [2.05, 4.69) is 41.9 Å². The highest BCUT2D eigenvalue weighted by Gasteiger charge is 2.17. The van der Waals surface area contributed by atoms with E-state index in [1.54, 1.807) is 7.11 Å². The summed E-state index contributed by atoms with van der Waals surface area (Å²) in [7, 11) is 1.68. The van der Waals surface area contributed by atoms with Crippen molar-refractivity contribution in [1.29, 1.82) is 0 Å². The predicted octanol–water partition coefficient (Wildman–Crippen LogP) is 4.48. The number of nitrogens with one attached hydrogen (secondary N) is 1. The summed E-state index contributed by atoms with van der Waals surface area (Å²) < 4.78 is 11.5. The SMILES string of the molecule is COC1=CC(c2ccc(OCCN3CCCC3)cc2)=NC1=Cc1[nH]c(C)cc1C. The quantitative estimate of drug-likeness (QED) is 0.757. The number of aromatic nitrogens is 1. The molecule has 2 aromatic rings. The summed E-state index contributed by atoms with van der Waals surface area (Å²) in [5, 5.41) is 0. The Hall–Kier alpha value is -2.79. The minimum atomic E-state index is 0.732. The standard InChI is InChI=1S/C24H29N3O2/c1-17-14-18(2)25-21(17)15-23-24(28-3)16-22(26-23)19-6-8-20(9-7-19)29-13-12-27-10-4-5-11-27/h6-9,14-16,25H,4-5,10-13H2,1-3H3. The summed E-state index contributed by atoms with van der Waals surface area (Å²) in [6.07, 6.45) is 6.65. The van der Waals surface area contributed by atoms with Gasteiger partial charge in [0.05, 0.1) is 12.8 Å². The molecular weight excluding hydrogens is 362 g/mol. The number of benzene rings is 1. The number of aromatic amines is 1. The van der Waals surface area contributed by atoms with Crippen LogP contribution in [0.1, 0.15) is 35.4 Å². The molecule has 4 rings (SSSR count). The number of rotatable bonds is 7. The zero-order chi connectivity index (χ0) is 20.2. The molecule has 0 unspecified atom stereocenters.